The summed E-state index contributed by atoms with van der Waals surface area (Å²) >= 11 is 6.22. The van der Waals surface area contributed by atoms with Gasteiger partial charge in [-0.25, -0.2) is 0 Å². The third-order valence-corrected chi connectivity index (χ3v) is 4.82. The van der Waals surface area contributed by atoms with E-state index in [-0.39, 0.29) is 12.4 Å². The first-order valence-electron chi connectivity index (χ1n) is 8.79. The minimum Gasteiger partial charge on any atom is -1.00 e. The summed E-state index contributed by atoms with van der Waals surface area (Å²) in [6.45, 7) is 8.81. The quantitative estimate of drug-likeness (QED) is 0.687. The van der Waals surface area contributed by atoms with E-state index in [0.29, 0.717) is 0 Å². The lowest BCUT2D eigenvalue weighted by atomic mass is 10.1. The minimum atomic E-state index is 0. The van der Waals surface area contributed by atoms with Crippen molar-refractivity contribution in [2.45, 2.75) is 26.7 Å². The summed E-state index contributed by atoms with van der Waals surface area (Å²) in [5.74, 6) is 1.79. The second kappa shape index (κ2) is 9.33. The van der Waals surface area contributed by atoms with E-state index in [4.69, 9.17) is 16.3 Å². The van der Waals surface area contributed by atoms with Crippen molar-refractivity contribution in [3.05, 3.63) is 47.5 Å². The number of ether oxygens (including phenoxy) is 1. The Labute approximate surface area is 161 Å². The third kappa shape index (κ3) is 4.60. The normalized spacial score (nSPS) is 12.2. The van der Waals surface area contributed by atoms with E-state index in [1.54, 1.807) is 0 Å². The highest BCUT2D eigenvalue weighted by Gasteiger charge is 2.23. The number of halogens is 2. The van der Waals surface area contributed by atoms with Crippen LogP contribution < -0.4 is 22.0 Å². The van der Waals surface area contributed by atoms with Gasteiger partial charge in [-0.15, -0.1) is 0 Å². The number of benzene rings is 2. The number of rotatable bonds is 7. The van der Waals surface area contributed by atoms with Gasteiger partial charge in [0.2, 0.25) is 0 Å². The fraction of sp³-hybridized carbons (Fsp3) is 0.400. The molecule has 3 rings (SSSR count). The Morgan fingerprint density at radius 2 is 1.68 bits per heavy atom. The predicted molar refractivity (Wildman–Crippen MR) is 102 cm³/mol. The Hall–Kier alpha value is -1.42. The molecule has 0 radical (unpaired) electrons. The molecule has 2 aromatic rings. The molecule has 0 unspecified atom stereocenters. The van der Waals surface area contributed by atoms with Crippen molar-refractivity contribution < 1.29 is 17.1 Å². The topological polar surface area (TPSA) is 15.7 Å². The molecule has 0 bridgehead atoms. The van der Waals surface area contributed by atoms with Gasteiger partial charge in [-0.3, -0.25) is 0 Å². The Bertz CT molecular complexity index is 689. The third-order valence-electron chi connectivity index (χ3n) is 4.59. The van der Waals surface area contributed by atoms with E-state index in [0.717, 1.165) is 60.5 Å². The molecule has 0 atom stereocenters. The zero-order chi connectivity index (χ0) is 16.9. The average molecular weight is 380 g/mol. The minimum absolute atomic E-state index is 0. The molecule has 3 nitrogen and oxygen atoms in total. The van der Waals surface area contributed by atoms with Gasteiger partial charge in [0.15, 0.2) is 11.5 Å². The summed E-state index contributed by atoms with van der Waals surface area (Å²) in [6.07, 6.45) is 2.33. The van der Waals surface area contributed by atoms with Crippen molar-refractivity contribution in [1.82, 2.24) is 4.90 Å². The van der Waals surface area contributed by atoms with Crippen LogP contribution >= 0.6 is 11.6 Å². The van der Waals surface area contributed by atoms with Gasteiger partial charge in [0.25, 0.3) is 0 Å². The predicted octanol–water partition coefficient (Wildman–Crippen LogP) is 2.71. The Balaban J connectivity index is 0.00000225. The van der Waals surface area contributed by atoms with Crippen LogP contribution in [-0.2, 0) is 0 Å². The van der Waals surface area contributed by atoms with Crippen LogP contribution in [0.15, 0.2) is 42.5 Å². The number of unbranched alkanes of at least 4 members (excludes halogenated alkanes) is 1. The molecular formula is C20H25Cl2N2O-. The van der Waals surface area contributed by atoms with Crippen molar-refractivity contribution in [3.8, 4) is 11.5 Å². The number of anilines is 2. The highest BCUT2D eigenvalue weighted by Crippen LogP contribution is 2.47. The molecule has 1 aliphatic heterocycles. The van der Waals surface area contributed by atoms with Gasteiger partial charge in [-0.2, -0.15) is 0 Å². The number of hydrogen-bond donors (Lipinski definition) is 0. The van der Waals surface area contributed by atoms with Gasteiger partial charge >= 0.3 is 0 Å². The number of para-hydroxylation sites is 2. The molecule has 0 N–H and O–H groups in total. The van der Waals surface area contributed by atoms with Crippen LogP contribution in [-0.4, -0.2) is 31.1 Å². The molecule has 0 aromatic heterocycles. The molecule has 0 saturated heterocycles. The van der Waals surface area contributed by atoms with Crippen LogP contribution in [0.4, 0.5) is 11.4 Å². The van der Waals surface area contributed by atoms with E-state index in [9.17, 15) is 0 Å². The van der Waals surface area contributed by atoms with Crippen LogP contribution in [0.5, 0.6) is 11.5 Å². The first-order valence-corrected chi connectivity index (χ1v) is 9.17. The highest BCUT2D eigenvalue weighted by atomic mass is 35.5. The van der Waals surface area contributed by atoms with Gasteiger partial charge < -0.3 is 26.9 Å². The molecule has 25 heavy (non-hydrogen) atoms. The van der Waals surface area contributed by atoms with Gasteiger partial charge in [0.1, 0.15) is 0 Å². The standard InChI is InChI=1S/C20H25ClN2O.ClH/c1-3-22(4-2)13-7-8-14-23-17-9-5-6-10-19(17)24-20-12-11-16(21)15-18(20)23;/h5-6,9-12,15H,3-4,7-8,13-14H2,1-2H3;1H/p-1. The maximum atomic E-state index is 6.22. The van der Waals surface area contributed by atoms with Crippen LogP contribution in [0.25, 0.3) is 0 Å². The van der Waals surface area contributed by atoms with Gasteiger partial charge in [-0.1, -0.05) is 37.6 Å². The van der Waals surface area contributed by atoms with E-state index in [1.807, 2.05) is 30.3 Å². The second-order valence-electron chi connectivity index (χ2n) is 6.07. The number of fused-ring (bicyclic) bond motifs is 2. The number of hydrogen-bond acceptors (Lipinski definition) is 3. The molecule has 0 aliphatic carbocycles. The molecule has 0 amide bonds. The second-order valence-corrected chi connectivity index (χ2v) is 6.50. The van der Waals surface area contributed by atoms with Crippen LogP contribution in [0.3, 0.4) is 0 Å². The lowest BCUT2D eigenvalue weighted by Gasteiger charge is -2.33. The summed E-state index contributed by atoms with van der Waals surface area (Å²) in [7, 11) is 0. The smallest absolute Gasteiger partial charge is 0.151 e. The van der Waals surface area contributed by atoms with Crippen LogP contribution in [0.2, 0.25) is 5.02 Å². The van der Waals surface area contributed by atoms with E-state index >= 15 is 0 Å². The SMILES string of the molecule is CCN(CC)CCCCN1c2ccccc2Oc2ccc(Cl)cc21.[Cl-]. The van der Waals surface area contributed by atoms with E-state index < -0.39 is 0 Å². The van der Waals surface area contributed by atoms with Crippen LogP contribution in [0.1, 0.15) is 26.7 Å². The maximum absolute atomic E-state index is 6.22. The maximum Gasteiger partial charge on any atom is 0.151 e. The fourth-order valence-electron chi connectivity index (χ4n) is 3.19. The van der Waals surface area contributed by atoms with Crippen molar-refractivity contribution in [1.29, 1.82) is 0 Å². The molecule has 5 heteroatoms. The molecule has 0 spiro atoms. The van der Waals surface area contributed by atoms with Crippen molar-refractivity contribution in [2.24, 2.45) is 0 Å². The van der Waals surface area contributed by atoms with E-state index in [2.05, 4.69) is 35.8 Å². The molecule has 136 valence electrons. The fourth-order valence-corrected chi connectivity index (χ4v) is 3.35. The molecular weight excluding hydrogens is 355 g/mol. The zero-order valence-corrected chi connectivity index (χ0v) is 16.4. The largest absolute Gasteiger partial charge is 1.00 e. The zero-order valence-electron chi connectivity index (χ0n) is 14.8. The summed E-state index contributed by atoms with van der Waals surface area (Å²) in [4.78, 5) is 4.81. The van der Waals surface area contributed by atoms with Crippen LogP contribution in [0, 0.1) is 0 Å². The van der Waals surface area contributed by atoms with E-state index in [1.165, 1.54) is 6.42 Å². The van der Waals surface area contributed by atoms with Crippen molar-refractivity contribution in [3.63, 3.8) is 0 Å². The molecule has 0 saturated carbocycles. The van der Waals surface area contributed by atoms with Gasteiger partial charge in [-0.05, 0) is 62.8 Å². The Morgan fingerprint density at radius 1 is 0.960 bits per heavy atom. The summed E-state index contributed by atoms with van der Waals surface area (Å²) in [6, 6.07) is 14.0. The summed E-state index contributed by atoms with van der Waals surface area (Å²) in [5, 5.41) is 0.741. The molecule has 1 heterocycles. The Kier molecular flexibility index (Phi) is 7.42. The lowest BCUT2D eigenvalue weighted by Crippen LogP contribution is -3.00. The molecule has 1 aliphatic rings. The Morgan fingerprint density at radius 3 is 2.44 bits per heavy atom. The van der Waals surface area contributed by atoms with Crippen molar-refractivity contribution in [2.75, 3.05) is 31.1 Å². The first kappa shape index (κ1) is 19.9. The van der Waals surface area contributed by atoms with Crippen molar-refractivity contribution >= 4 is 23.0 Å². The average Bonchev–Trinajstić information content (AvgIpc) is 2.61. The highest BCUT2D eigenvalue weighted by molar-refractivity contribution is 6.31. The number of nitrogens with zero attached hydrogens (tertiary/aromatic N) is 2. The van der Waals surface area contributed by atoms with Gasteiger partial charge in [0, 0.05) is 11.6 Å². The molecule has 2 aromatic carbocycles. The first-order chi connectivity index (χ1) is 11.7. The lowest BCUT2D eigenvalue weighted by molar-refractivity contribution is -0.00000528. The molecule has 0 fully saturated rings. The van der Waals surface area contributed by atoms with Gasteiger partial charge in [0.05, 0.1) is 11.4 Å². The monoisotopic (exact) mass is 379 g/mol. The summed E-state index contributed by atoms with van der Waals surface area (Å²) in [5.41, 5.74) is 2.18. The summed E-state index contributed by atoms with van der Waals surface area (Å²) < 4.78 is 6.03.